The van der Waals surface area contributed by atoms with E-state index < -0.39 is 29.5 Å². The van der Waals surface area contributed by atoms with Crippen LogP contribution in [-0.2, 0) is 25.2 Å². The highest BCUT2D eigenvalue weighted by Gasteiger charge is 2.45. The topological polar surface area (TPSA) is 67.9 Å². The summed E-state index contributed by atoms with van der Waals surface area (Å²) in [5.74, 6) is -0.418. The molecule has 0 saturated carbocycles. The Kier molecular flexibility index (Phi) is 6.43. The van der Waals surface area contributed by atoms with E-state index in [0.29, 0.717) is 50.0 Å². The van der Waals surface area contributed by atoms with Gasteiger partial charge in [0.15, 0.2) is 0 Å². The third kappa shape index (κ3) is 4.78. The fraction of sp³-hybridized carbons (Fsp3) is 0.619. The number of piperidine rings is 1. The molecule has 3 rings (SSSR count). The van der Waals surface area contributed by atoms with Gasteiger partial charge in [0.25, 0.3) is 11.8 Å². The minimum absolute atomic E-state index is 0.0579. The minimum atomic E-state index is -4.43. The molecule has 2 atom stereocenters. The lowest BCUT2D eigenvalue weighted by Gasteiger charge is -2.39. The molecular formula is C21H27F3N2O4. The first-order chi connectivity index (χ1) is 14.0. The molecule has 30 heavy (non-hydrogen) atoms. The average Bonchev–Trinajstić information content (AvgIpc) is 3.12. The summed E-state index contributed by atoms with van der Waals surface area (Å²) >= 11 is 0. The summed E-state index contributed by atoms with van der Waals surface area (Å²) in [7, 11) is 1.50. The second kappa shape index (κ2) is 8.55. The van der Waals surface area contributed by atoms with Gasteiger partial charge in [0.2, 0.25) is 0 Å². The number of carbonyl (C=O) groups is 2. The smallest absolute Gasteiger partial charge is 0.372 e. The summed E-state index contributed by atoms with van der Waals surface area (Å²) in [6, 6.07) is 3.23. The molecule has 2 heterocycles. The van der Waals surface area contributed by atoms with Crippen LogP contribution in [0.5, 0.6) is 0 Å². The normalized spacial score (nSPS) is 22.2. The molecule has 1 spiro atoms. The number of nitrogens with one attached hydrogen (secondary N) is 1. The number of anilines is 1. The van der Waals surface area contributed by atoms with Crippen LogP contribution in [0.25, 0.3) is 0 Å². The molecular weight excluding hydrogens is 401 g/mol. The monoisotopic (exact) mass is 428 g/mol. The van der Waals surface area contributed by atoms with E-state index in [2.05, 4.69) is 5.32 Å². The van der Waals surface area contributed by atoms with E-state index >= 15 is 0 Å². The van der Waals surface area contributed by atoms with Crippen LogP contribution in [-0.4, -0.2) is 54.7 Å². The van der Waals surface area contributed by atoms with Crippen molar-refractivity contribution in [3.63, 3.8) is 0 Å². The number of methoxy groups -OCH3 is 1. The van der Waals surface area contributed by atoms with Crippen molar-refractivity contribution in [3.05, 3.63) is 29.3 Å². The maximum atomic E-state index is 12.8. The zero-order valence-corrected chi connectivity index (χ0v) is 17.3. The van der Waals surface area contributed by atoms with E-state index in [-0.39, 0.29) is 11.8 Å². The number of halogens is 3. The van der Waals surface area contributed by atoms with Gasteiger partial charge in [-0.3, -0.25) is 9.59 Å². The Morgan fingerprint density at radius 1 is 1.27 bits per heavy atom. The number of rotatable bonds is 4. The first-order valence-electron chi connectivity index (χ1n) is 10.0. The van der Waals surface area contributed by atoms with Gasteiger partial charge in [-0.05, 0) is 63.3 Å². The fourth-order valence-corrected chi connectivity index (χ4v) is 4.05. The van der Waals surface area contributed by atoms with Crippen LogP contribution in [0.2, 0.25) is 0 Å². The first-order valence-corrected chi connectivity index (χ1v) is 10.0. The van der Waals surface area contributed by atoms with Crippen molar-refractivity contribution in [3.8, 4) is 0 Å². The van der Waals surface area contributed by atoms with Crippen LogP contribution in [0, 0.1) is 6.92 Å². The number of likely N-dealkylation sites (tertiary alicyclic amines) is 1. The number of amides is 2. The molecule has 6 nitrogen and oxygen atoms in total. The maximum absolute atomic E-state index is 12.8. The highest BCUT2D eigenvalue weighted by atomic mass is 19.4. The summed E-state index contributed by atoms with van der Waals surface area (Å²) in [6.07, 6.45) is -3.06. The molecule has 0 radical (unpaired) electrons. The van der Waals surface area contributed by atoms with Gasteiger partial charge in [0.05, 0.1) is 11.2 Å². The van der Waals surface area contributed by atoms with E-state index in [4.69, 9.17) is 9.47 Å². The van der Waals surface area contributed by atoms with E-state index in [1.165, 1.54) is 20.1 Å². The van der Waals surface area contributed by atoms with Crippen molar-refractivity contribution in [2.24, 2.45) is 0 Å². The highest BCUT2D eigenvalue weighted by molar-refractivity contribution is 5.95. The molecule has 2 aliphatic heterocycles. The molecule has 2 aliphatic rings. The average molecular weight is 428 g/mol. The Morgan fingerprint density at radius 3 is 2.50 bits per heavy atom. The molecule has 2 amide bonds. The van der Waals surface area contributed by atoms with Gasteiger partial charge in [-0.25, -0.2) is 0 Å². The third-order valence-electron chi connectivity index (χ3n) is 6.05. The number of hydrogen-bond acceptors (Lipinski definition) is 4. The standard InChI is InChI=1S/C21H27F3N2O4/c1-13-12-15(21(22,23)24)4-5-16(13)25-18(27)17-6-7-20(30-17)8-10-26(11-9-20)19(28)14(2)29-3/h4-5,12,14,17H,6-11H2,1-3H3,(H,25,27). The second-order valence-electron chi connectivity index (χ2n) is 8.05. The molecule has 0 bridgehead atoms. The van der Waals surface area contributed by atoms with Crippen LogP contribution in [0.3, 0.4) is 0 Å². The zero-order chi connectivity index (χ0) is 22.1. The number of alkyl halides is 3. The van der Waals surface area contributed by atoms with Gasteiger partial charge < -0.3 is 19.7 Å². The number of benzene rings is 1. The van der Waals surface area contributed by atoms with Crippen molar-refractivity contribution in [2.75, 3.05) is 25.5 Å². The Bertz CT molecular complexity index is 804. The lowest BCUT2D eigenvalue weighted by Crippen LogP contribution is -2.49. The quantitative estimate of drug-likeness (QED) is 0.797. The summed E-state index contributed by atoms with van der Waals surface area (Å²) in [5, 5.41) is 2.69. The number of aryl methyl sites for hydroxylation is 1. The lowest BCUT2D eigenvalue weighted by molar-refractivity contribution is -0.149. The van der Waals surface area contributed by atoms with Gasteiger partial charge >= 0.3 is 6.18 Å². The van der Waals surface area contributed by atoms with Crippen molar-refractivity contribution in [1.82, 2.24) is 4.90 Å². The zero-order valence-electron chi connectivity index (χ0n) is 17.3. The molecule has 1 aromatic rings. The molecule has 9 heteroatoms. The summed E-state index contributed by atoms with van der Waals surface area (Å²) in [5.41, 5.74) is -0.515. The molecule has 166 valence electrons. The van der Waals surface area contributed by atoms with Crippen LogP contribution in [0.1, 0.15) is 43.7 Å². The van der Waals surface area contributed by atoms with Crippen molar-refractivity contribution >= 4 is 17.5 Å². The van der Waals surface area contributed by atoms with Crippen molar-refractivity contribution in [2.45, 2.75) is 63.5 Å². The third-order valence-corrected chi connectivity index (χ3v) is 6.05. The highest BCUT2D eigenvalue weighted by Crippen LogP contribution is 2.39. The molecule has 2 fully saturated rings. The second-order valence-corrected chi connectivity index (χ2v) is 8.05. The van der Waals surface area contributed by atoms with E-state index in [0.717, 1.165) is 12.1 Å². The van der Waals surface area contributed by atoms with Gasteiger partial charge in [-0.2, -0.15) is 13.2 Å². The molecule has 0 aromatic heterocycles. The molecule has 2 unspecified atom stereocenters. The van der Waals surface area contributed by atoms with Gasteiger partial charge in [-0.1, -0.05) is 0 Å². The van der Waals surface area contributed by atoms with Crippen LogP contribution in [0.15, 0.2) is 18.2 Å². The van der Waals surface area contributed by atoms with E-state index in [9.17, 15) is 22.8 Å². The lowest BCUT2D eigenvalue weighted by atomic mass is 9.88. The molecule has 1 N–H and O–H groups in total. The largest absolute Gasteiger partial charge is 0.416 e. The first kappa shape index (κ1) is 22.6. The number of carbonyl (C=O) groups excluding carboxylic acids is 2. The Labute approximate surface area is 173 Å². The Morgan fingerprint density at radius 2 is 1.93 bits per heavy atom. The summed E-state index contributed by atoms with van der Waals surface area (Å²) in [6.45, 7) is 4.32. The SMILES string of the molecule is COC(C)C(=O)N1CCC2(CCC(C(=O)Nc3ccc(C(F)(F)F)cc3C)O2)CC1. The predicted octanol–water partition coefficient (Wildman–Crippen LogP) is 3.53. The fourth-order valence-electron chi connectivity index (χ4n) is 4.05. The summed E-state index contributed by atoms with van der Waals surface area (Å²) in [4.78, 5) is 26.6. The Balaban J connectivity index is 1.57. The Hall–Kier alpha value is -2.13. The predicted molar refractivity (Wildman–Crippen MR) is 104 cm³/mol. The van der Waals surface area contributed by atoms with E-state index in [1.807, 2.05) is 0 Å². The van der Waals surface area contributed by atoms with Crippen molar-refractivity contribution in [1.29, 1.82) is 0 Å². The molecule has 1 aromatic carbocycles. The van der Waals surface area contributed by atoms with Crippen LogP contribution < -0.4 is 5.32 Å². The maximum Gasteiger partial charge on any atom is 0.416 e. The number of ether oxygens (including phenoxy) is 2. The van der Waals surface area contributed by atoms with Gasteiger partial charge in [-0.15, -0.1) is 0 Å². The van der Waals surface area contributed by atoms with Gasteiger partial charge in [0.1, 0.15) is 12.2 Å². The molecule has 0 aliphatic carbocycles. The number of nitrogens with zero attached hydrogens (tertiary/aromatic N) is 1. The van der Waals surface area contributed by atoms with E-state index in [1.54, 1.807) is 11.8 Å². The summed E-state index contributed by atoms with van der Waals surface area (Å²) < 4.78 is 49.6. The minimum Gasteiger partial charge on any atom is -0.372 e. The molecule has 2 saturated heterocycles. The number of hydrogen-bond donors (Lipinski definition) is 1. The van der Waals surface area contributed by atoms with Crippen LogP contribution >= 0.6 is 0 Å². The van der Waals surface area contributed by atoms with Gasteiger partial charge in [0, 0.05) is 25.9 Å². The van der Waals surface area contributed by atoms with Crippen molar-refractivity contribution < 1.29 is 32.2 Å². The van der Waals surface area contributed by atoms with Crippen LogP contribution in [0.4, 0.5) is 18.9 Å².